The molecular weight excluding hydrogens is 274 g/mol. The number of fused-ring (bicyclic) bond motifs is 3. The highest BCUT2D eigenvalue weighted by Gasteiger charge is 2.11. The Hall–Kier alpha value is -3.14. The van der Waals surface area contributed by atoms with E-state index >= 15 is 0 Å². The average molecular weight is 287 g/mol. The molecule has 22 heavy (non-hydrogen) atoms. The normalized spacial score (nSPS) is 11.1. The second-order valence-corrected chi connectivity index (χ2v) is 5.21. The number of hydrogen-bond acceptors (Lipinski definition) is 3. The third kappa shape index (κ3) is 1.85. The molecule has 0 bridgehead atoms. The molecule has 0 aliphatic carbocycles. The van der Waals surface area contributed by atoms with Crippen molar-refractivity contribution in [2.24, 2.45) is 0 Å². The van der Waals surface area contributed by atoms with Gasteiger partial charge in [0, 0.05) is 22.7 Å². The highest BCUT2D eigenvalue weighted by atomic mass is 16.1. The molecule has 3 N–H and O–H groups in total. The minimum Gasteiger partial charge on any atom is -0.399 e. The van der Waals surface area contributed by atoms with E-state index in [0.717, 1.165) is 21.9 Å². The number of rotatable bonds is 1. The van der Waals surface area contributed by atoms with Crippen molar-refractivity contribution in [1.82, 2.24) is 9.97 Å². The summed E-state index contributed by atoms with van der Waals surface area (Å²) in [5.74, 6) is 0. The Morgan fingerprint density at radius 3 is 2.59 bits per heavy atom. The number of nitrogens with zero attached hydrogens (tertiary/aromatic N) is 1. The Balaban J connectivity index is 2.21. The van der Waals surface area contributed by atoms with Gasteiger partial charge in [-0.3, -0.25) is 4.79 Å². The van der Waals surface area contributed by atoms with Crippen molar-refractivity contribution in [1.29, 1.82) is 0 Å². The summed E-state index contributed by atoms with van der Waals surface area (Å²) < 4.78 is 0. The van der Waals surface area contributed by atoms with Crippen molar-refractivity contribution in [3.8, 4) is 11.1 Å². The summed E-state index contributed by atoms with van der Waals surface area (Å²) in [6.45, 7) is 0. The zero-order valence-corrected chi connectivity index (χ0v) is 11.7. The molecule has 2 aromatic carbocycles. The second kappa shape index (κ2) is 4.70. The number of benzene rings is 2. The standard InChI is InChI=1S/C18H13N3O/c19-12-5-3-4-11(10-12)13-8-9-20-17-16(13)14-6-1-2-7-15(14)18(22)21-17/h1-10H,19H2,(H,20,21,22). The fourth-order valence-electron chi connectivity index (χ4n) is 2.85. The highest BCUT2D eigenvalue weighted by molar-refractivity contribution is 6.11. The predicted molar refractivity (Wildman–Crippen MR) is 89.7 cm³/mol. The molecule has 4 aromatic rings. The van der Waals surface area contributed by atoms with Gasteiger partial charge in [-0.1, -0.05) is 30.3 Å². The van der Waals surface area contributed by atoms with Gasteiger partial charge in [-0.25, -0.2) is 4.98 Å². The number of nitrogens with two attached hydrogens (primary N) is 1. The number of hydrogen-bond donors (Lipinski definition) is 2. The van der Waals surface area contributed by atoms with Gasteiger partial charge in [0.15, 0.2) is 0 Å². The molecule has 0 amide bonds. The molecule has 0 saturated carbocycles. The summed E-state index contributed by atoms with van der Waals surface area (Å²) in [6.07, 6.45) is 1.70. The van der Waals surface area contributed by atoms with Crippen LogP contribution >= 0.6 is 0 Å². The van der Waals surface area contributed by atoms with Gasteiger partial charge in [0.25, 0.3) is 5.56 Å². The first-order valence-electron chi connectivity index (χ1n) is 7.00. The van der Waals surface area contributed by atoms with E-state index in [1.54, 1.807) is 6.20 Å². The number of nitrogens with one attached hydrogen (secondary N) is 1. The monoisotopic (exact) mass is 287 g/mol. The number of aromatic nitrogens is 2. The van der Waals surface area contributed by atoms with Crippen molar-refractivity contribution < 1.29 is 0 Å². The van der Waals surface area contributed by atoms with E-state index < -0.39 is 0 Å². The fourth-order valence-corrected chi connectivity index (χ4v) is 2.85. The van der Waals surface area contributed by atoms with Crippen LogP contribution in [0.2, 0.25) is 0 Å². The predicted octanol–water partition coefficient (Wildman–Crippen LogP) is 3.33. The summed E-state index contributed by atoms with van der Waals surface area (Å²) in [7, 11) is 0. The molecule has 4 nitrogen and oxygen atoms in total. The van der Waals surface area contributed by atoms with Crippen LogP contribution in [0.3, 0.4) is 0 Å². The van der Waals surface area contributed by atoms with Crippen molar-refractivity contribution in [3.05, 3.63) is 71.1 Å². The maximum atomic E-state index is 12.2. The van der Waals surface area contributed by atoms with Gasteiger partial charge in [-0.05, 0) is 40.8 Å². The van der Waals surface area contributed by atoms with Crippen LogP contribution in [-0.4, -0.2) is 9.97 Å². The summed E-state index contributed by atoms with van der Waals surface area (Å²) >= 11 is 0. The number of H-pyrrole nitrogens is 1. The number of pyridine rings is 2. The quantitative estimate of drug-likeness (QED) is 0.416. The van der Waals surface area contributed by atoms with Gasteiger partial charge in [0.1, 0.15) is 5.65 Å². The molecule has 4 rings (SSSR count). The smallest absolute Gasteiger partial charge is 0.257 e. The first-order chi connectivity index (χ1) is 10.7. The first kappa shape index (κ1) is 12.6. The first-order valence-corrected chi connectivity index (χ1v) is 7.00. The van der Waals surface area contributed by atoms with Crippen LogP contribution in [0, 0.1) is 0 Å². The van der Waals surface area contributed by atoms with Crippen molar-refractivity contribution in [2.75, 3.05) is 5.73 Å². The van der Waals surface area contributed by atoms with Crippen LogP contribution in [0.25, 0.3) is 32.9 Å². The Kier molecular flexibility index (Phi) is 2.69. The lowest BCUT2D eigenvalue weighted by molar-refractivity contribution is 1.26. The lowest BCUT2D eigenvalue weighted by atomic mass is 9.98. The molecule has 0 aliphatic rings. The molecule has 0 aliphatic heterocycles. The van der Waals surface area contributed by atoms with E-state index in [1.165, 1.54) is 0 Å². The van der Waals surface area contributed by atoms with Crippen LogP contribution in [0.4, 0.5) is 5.69 Å². The SMILES string of the molecule is Nc1cccc(-c2ccnc3[nH]c(=O)c4ccccc4c23)c1. The molecule has 2 aromatic heterocycles. The van der Waals surface area contributed by atoms with E-state index in [4.69, 9.17) is 5.73 Å². The Morgan fingerprint density at radius 1 is 0.955 bits per heavy atom. The molecule has 0 saturated heterocycles. The minimum atomic E-state index is -0.125. The van der Waals surface area contributed by atoms with Crippen molar-refractivity contribution >= 4 is 27.5 Å². The van der Waals surface area contributed by atoms with Crippen molar-refractivity contribution in [2.45, 2.75) is 0 Å². The Morgan fingerprint density at radius 2 is 1.77 bits per heavy atom. The lowest BCUT2D eigenvalue weighted by Gasteiger charge is -2.09. The van der Waals surface area contributed by atoms with E-state index in [0.29, 0.717) is 16.7 Å². The van der Waals surface area contributed by atoms with E-state index in [2.05, 4.69) is 9.97 Å². The topological polar surface area (TPSA) is 71.8 Å². The molecule has 0 unspecified atom stereocenters. The van der Waals surface area contributed by atoms with Crippen LogP contribution in [0.15, 0.2) is 65.6 Å². The van der Waals surface area contributed by atoms with Crippen molar-refractivity contribution in [3.63, 3.8) is 0 Å². The van der Waals surface area contributed by atoms with Gasteiger partial charge in [0.2, 0.25) is 0 Å². The van der Waals surface area contributed by atoms with Gasteiger partial charge < -0.3 is 10.7 Å². The zero-order valence-electron chi connectivity index (χ0n) is 11.7. The van der Waals surface area contributed by atoms with Gasteiger partial charge in [-0.2, -0.15) is 0 Å². The zero-order chi connectivity index (χ0) is 15.1. The largest absolute Gasteiger partial charge is 0.399 e. The van der Waals surface area contributed by atoms with Gasteiger partial charge in [0.05, 0.1) is 0 Å². The van der Waals surface area contributed by atoms with Crippen LogP contribution < -0.4 is 11.3 Å². The van der Waals surface area contributed by atoms with E-state index in [-0.39, 0.29) is 5.56 Å². The second-order valence-electron chi connectivity index (χ2n) is 5.21. The molecule has 0 spiro atoms. The Labute approximate surface area is 126 Å². The Bertz CT molecular complexity index is 1070. The van der Waals surface area contributed by atoms with Crippen LogP contribution in [0.5, 0.6) is 0 Å². The van der Waals surface area contributed by atoms with Crippen LogP contribution in [0.1, 0.15) is 0 Å². The third-order valence-corrected chi connectivity index (χ3v) is 3.82. The molecule has 0 atom stereocenters. The number of aromatic amines is 1. The molecule has 106 valence electrons. The highest BCUT2D eigenvalue weighted by Crippen LogP contribution is 2.31. The molecule has 0 fully saturated rings. The van der Waals surface area contributed by atoms with E-state index in [1.807, 2.05) is 54.6 Å². The minimum absolute atomic E-state index is 0.125. The van der Waals surface area contributed by atoms with Crippen LogP contribution in [-0.2, 0) is 0 Å². The molecule has 4 heteroatoms. The summed E-state index contributed by atoms with van der Waals surface area (Å²) in [5, 5.41) is 2.49. The molecule has 2 heterocycles. The fraction of sp³-hybridized carbons (Fsp3) is 0. The maximum absolute atomic E-state index is 12.2. The maximum Gasteiger partial charge on any atom is 0.257 e. The number of nitrogen functional groups attached to an aromatic ring is 1. The number of anilines is 1. The lowest BCUT2D eigenvalue weighted by Crippen LogP contribution is -2.07. The van der Waals surface area contributed by atoms with Gasteiger partial charge in [-0.15, -0.1) is 0 Å². The molecular formula is C18H13N3O. The average Bonchev–Trinajstić information content (AvgIpc) is 2.54. The van der Waals surface area contributed by atoms with E-state index in [9.17, 15) is 4.79 Å². The summed E-state index contributed by atoms with van der Waals surface area (Å²) in [5.41, 5.74) is 9.08. The molecule has 0 radical (unpaired) electrons. The summed E-state index contributed by atoms with van der Waals surface area (Å²) in [6, 6.07) is 17.2. The van der Waals surface area contributed by atoms with Gasteiger partial charge >= 0.3 is 0 Å². The third-order valence-electron chi connectivity index (χ3n) is 3.82. The summed E-state index contributed by atoms with van der Waals surface area (Å²) in [4.78, 5) is 19.4.